The van der Waals surface area contributed by atoms with E-state index in [9.17, 15) is 9.59 Å². The molecule has 170 valence electrons. The van der Waals surface area contributed by atoms with Gasteiger partial charge in [-0.05, 0) is 32.6 Å². The van der Waals surface area contributed by atoms with Gasteiger partial charge in [-0.15, -0.1) is 0 Å². The Labute approximate surface area is 181 Å². The van der Waals surface area contributed by atoms with Gasteiger partial charge in [0.05, 0.1) is 18.5 Å². The summed E-state index contributed by atoms with van der Waals surface area (Å²) in [7, 11) is 3.69. The second kappa shape index (κ2) is 10.5. The van der Waals surface area contributed by atoms with Gasteiger partial charge in [-0.1, -0.05) is 12.8 Å². The number of amides is 2. The van der Waals surface area contributed by atoms with Crippen molar-refractivity contribution in [3.05, 3.63) is 0 Å². The minimum atomic E-state index is -0.339. The van der Waals surface area contributed by atoms with E-state index in [1.165, 1.54) is 0 Å². The largest absolute Gasteiger partial charge is 0.357 e. The molecular weight excluding hydrogens is 380 g/mol. The molecule has 0 atom stereocenters. The number of rotatable bonds is 6. The molecule has 8 heteroatoms. The van der Waals surface area contributed by atoms with Crippen LogP contribution < -0.4 is 5.32 Å². The van der Waals surface area contributed by atoms with E-state index in [1.807, 2.05) is 19.0 Å². The molecule has 0 aromatic rings. The molecule has 1 N–H and O–H groups in total. The van der Waals surface area contributed by atoms with E-state index in [1.54, 1.807) is 4.90 Å². The Morgan fingerprint density at radius 2 is 1.57 bits per heavy atom. The predicted molar refractivity (Wildman–Crippen MR) is 119 cm³/mol. The van der Waals surface area contributed by atoms with E-state index < -0.39 is 0 Å². The smallest absolute Gasteiger partial charge is 0.236 e. The summed E-state index contributed by atoms with van der Waals surface area (Å²) in [5.41, 5.74) is -0.339. The first-order valence-corrected chi connectivity index (χ1v) is 11.7. The Hall–Kier alpha value is -1.83. The maximum Gasteiger partial charge on any atom is 0.236 e. The van der Waals surface area contributed by atoms with Crippen LogP contribution in [-0.4, -0.2) is 110 Å². The van der Waals surface area contributed by atoms with Gasteiger partial charge in [-0.25, -0.2) is 0 Å². The highest BCUT2D eigenvalue weighted by atomic mass is 16.2. The summed E-state index contributed by atoms with van der Waals surface area (Å²) in [6.07, 6.45) is 6.35. The summed E-state index contributed by atoms with van der Waals surface area (Å²) in [6, 6.07) is 0. The first kappa shape index (κ1) is 22.8. The van der Waals surface area contributed by atoms with Gasteiger partial charge in [0, 0.05) is 59.9 Å². The van der Waals surface area contributed by atoms with Gasteiger partial charge in [-0.2, -0.15) is 0 Å². The number of carbonyl (C=O) groups is 2. The van der Waals surface area contributed by atoms with Crippen LogP contribution in [0.1, 0.15) is 45.4 Å². The number of guanidine groups is 1. The highest BCUT2D eigenvalue weighted by molar-refractivity contribution is 5.84. The van der Waals surface area contributed by atoms with E-state index in [0.29, 0.717) is 13.1 Å². The Bertz CT molecular complexity index is 615. The van der Waals surface area contributed by atoms with E-state index in [0.717, 1.165) is 90.3 Å². The molecule has 0 aromatic carbocycles. The van der Waals surface area contributed by atoms with Crippen LogP contribution >= 0.6 is 0 Å². The molecule has 0 spiro atoms. The van der Waals surface area contributed by atoms with Crippen molar-refractivity contribution in [3.63, 3.8) is 0 Å². The van der Waals surface area contributed by atoms with Crippen LogP contribution in [0.2, 0.25) is 0 Å². The molecule has 2 aliphatic heterocycles. The maximum absolute atomic E-state index is 12.8. The van der Waals surface area contributed by atoms with Crippen LogP contribution in [0.3, 0.4) is 0 Å². The summed E-state index contributed by atoms with van der Waals surface area (Å²) < 4.78 is 0. The van der Waals surface area contributed by atoms with Gasteiger partial charge in [-0.3, -0.25) is 19.5 Å². The Kier molecular flexibility index (Phi) is 7.97. The van der Waals surface area contributed by atoms with Crippen LogP contribution in [0, 0.1) is 5.41 Å². The van der Waals surface area contributed by atoms with Gasteiger partial charge in [0.15, 0.2) is 5.96 Å². The first-order valence-electron chi connectivity index (χ1n) is 11.7. The molecule has 30 heavy (non-hydrogen) atoms. The standard InChI is InChI=1S/C22H40N6O2/c1-4-23-21(24-18-22(9-5-6-10-22)20(30)25(2)3)28-15-13-26(14-16-28)17-19(29)27-11-7-8-12-27/h4-18H2,1-3H3,(H,23,24). The molecule has 8 nitrogen and oxygen atoms in total. The number of nitrogens with one attached hydrogen (secondary N) is 1. The van der Waals surface area contributed by atoms with Crippen LogP contribution in [0.5, 0.6) is 0 Å². The first-order chi connectivity index (χ1) is 14.4. The van der Waals surface area contributed by atoms with Crippen LogP contribution in [0.4, 0.5) is 0 Å². The fourth-order valence-corrected chi connectivity index (χ4v) is 4.99. The summed E-state index contributed by atoms with van der Waals surface area (Å²) in [6.45, 7) is 9.26. The molecule has 2 saturated heterocycles. The van der Waals surface area contributed by atoms with Crippen molar-refractivity contribution in [2.45, 2.75) is 45.4 Å². The summed E-state index contributed by atoms with van der Waals surface area (Å²) >= 11 is 0. The molecular formula is C22H40N6O2. The minimum Gasteiger partial charge on any atom is -0.357 e. The molecule has 0 unspecified atom stereocenters. The van der Waals surface area contributed by atoms with E-state index >= 15 is 0 Å². The molecule has 3 fully saturated rings. The normalized spacial score (nSPS) is 22.4. The van der Waals surface area contributed by atoms with Crippen LogP contribution in [-0.2, 0) is 9.59 Å². The van der Waals surface area contributed by atoms with Gasteiger partial charge in [0.2, 0.25) is 11.8 Å². The molecule has 0 aromatic heterocycles. The molecule has 2 amide bonds. The molecule has 3 rings (SSSR count). The van der Waals surface area contributed by atoms with E-state index in [2.05, 4.69) is 22.0 Å². The number of carbonyl (C=O) groups excluding carboxylic acids is 2. The lowest BCUT2D eigenvalue weighted by molar-refractivity contribution is -0.138. The fourth-order valence-electron chi connectivity index (χ4n) is 4.99. The zero-order valence-electron chi connectivity index (χ0n) is 19.2. The Morgan fingerprint density at radius 1 is 0.933 bits per heavy atom. The van der Waals surface area contributed by atoms with Crippen LogP contribution in [0.25, 0.3) is 0 Å². The zero-order valence-corrected chi connectivity index (χ0v) is 19.2. The third kappa shape index (κ3) is 5.45. The van der Waals surface area contributed by atoms with E-state index in [4.69, 9.17) is 4.99 Å². The monoisotopic (exact) mass is 420 g/mol. The lowest BCUT2D eigenvalue weighted by Crippen LogP contribution is -2.54. The average molecular weight is 421 g/mol. The second-order valence-electron chi connectivity index (χ2n) is 9.21. The molecule has 3 aliphatic rings. The lowest BCUT2D eigenvalue weighted by atomic mass is 9.85. The predicted octanol–water partition coefficient (Wildman–Crippen LogP) is 0.841. The minimum absolute atomic E-state index is 0.213. The van der Waals surface area contributed by atoms with Crippen molar-refractivity contribution in [1.82, 2.24) is 24.9 Å². The summed E-state index contributed by atoms with van der Waals surface area (Å²) in [5.74, 6) is 1.39. The summed E-state index contributed by atoms with van der Waals surface area (Å²) in [4.78, 5) is 38.5. The molecule has 1 aliphatic carbocycles. The quantitative estimate of drug-likeness (QED) is 0.509. The highest BCUT2D eigenvalue weighted by Gasteiger charge is 2.42. The molecule has 0 radical (unpaired) electrons. The van der Waals surface area contributed by atoms with Crippen molar-refractivity contribution in [1.29, 1.82) is 0 Å². The van der Waals surface area contributed by atoms with Crippen LogP contribution in [0.15, 0.2) is 4.99 Å². The number of likely N-dealkylation sites (tertiary alicyclic amines) is 1. The Balaban J connectivity index is 1.57. The number of hydrogen-bond acceptors (Lipinski definition) is 4. The maximum atomic E-state index is 12.8. The fraction of sp³-hybridized carbons (Fsp3) is 0.864. The van der Waals surface area contributed by atoms with Gasteiger partial charge >= 0.3 is 0 Å². The van der Waals surface area contributed by atoms with Crippen molar-refractivity contribution in [2.24, 2.45) is 10.4 Å². The molecule has 0 bridgehead atoms. The Morgan fingerprint density at radius 3 is 2.13 bits per heavy atom. The second-order valence-corrected chi connectivity index (χ2v) is 9.21. The zero-order chi connectivity index (χ0) is 21.6. The van der Waals surface area contributed by atoms with Crippen molar-refractivity contribution in [3.8, 4) is 0 Å². The summed E-state index contributed by atoms with van der Waals surface area (Å²) in [5, 5.41) is 3.42. The third-order valence-electron chi connectivity index (χ3n) is 6.78. The van der Waals surface area contributed by atoms with Gasteiger partial charge < -0.3 is 20.0 Å². The molecule has 1 saturated carbocycles. The number of nitrogens with zero attached hydrogens (tertiary/aromatic N) is 5. The van der Waals surface area contributed by atoms with Gasteiger partial charge in [0.25, 0.3) is 0 Å². The number of aliphatic imine (C=N–C) groups is 1. The van der Waals surface area contributed by atoms with Crippen molar-refractivity contribution in [2.75, 3.05) is 73.0 Å². The SMILES string of the molecule is CCNC(=NCC1(C(=O)N(C)C)CCCC1)N1CCN(CC(=O)N2CCCC2)CC1. The van der Waals surface area contributed by atoms with E-state index in [-0.39, 0.29) is 17.2 Å². The topological polar surface area (TPSA) is 71.5 Å². The third-order valence-corrected chi connectivity index (χ3v) is 6.78. The van der Waals surface area contributed by atoms with Crippen molar-refractivity contribution >= 4 is 17.8 Å². The molecule has 2 heterocycles. The highest BCUT2D eigenvalue weighted by Crippen LogP contribution is 2.39. The lowest BCUT2D eigenvalue weighted by Gasteiger charge is -2.37. The number of hydrogen-bond donors (Lipinski definition) is 1. The average Bonchev–Trinajstić information content (AvgIpc) is 3.44. The number of piperazine rings is 1. The van der Waals surface area contributed by atoms with Crippen molar-refractivity contribution < 1.29 is 9.59 Å². The van der Waals surface area contributed by atoms with Gasteiger partial charge in [0.1, 0.15) is 0 Å².